The molecule has 0 saturated carbocycles. The highest BCUT2D eigenvalue weighted by atomic mass is 15.5. The number of H-pyrrole nitrogens is 1. The van der Waals surface area contributed by atoms with Gasteiger partial charge in [-0.25, -0.2) is 19.9 Å². The number of fused-ring (bicyclic) bond motifs is 12. The van der Waals surface area contributed by atoms with Crippen molar-refractivity contribution in [1.29, 1.82) is 0 Å². The van der Waals surface area contributed by atoms with Crippen LogP contribution in [0.1, 0.15) is 46.1 Å². The van der Waals surface area contributed by atoms with Gasteiger partial charge in [-0.15, -0.1) is 0 Å². The van der Waals surface area contributed by atoms with Crippen LogP contribution < -0.4 is 20.4 Å². The summed E-state index contributed by atoms with van der Waals surface area (Å²) < 4.78 is 0. The zero-order valence-electron chi connectivity index (χ0n) is 39.7. The van der Waals surface area contributed by atoms with Crippen molar-refractivity contribution in [2.75, 3.05) is 9.80 Å². The first-order chi connectivity index (χ1) is 36.7. The second-order valence-corrected chi connectivity index (χ2v) is 19.4. The number of nitrogens with zero attached hydrogens (tertiary/aromatic N) is 8. The lowest BCUT2D eigenvalue weighted by Gasteiger charge is -2.46. The van der Waals surface area contributed by atoms with Crippen molar-refractivity contribution >= 4 is 78.7 Å². The van der Waals surface area contributed by atoms with Crippen LogP contribution >= 0.6 is 0 Å². The average molecular weight is 948 g/mol. The molecule has 2 atom stereocenters. The van der Waals surface area contributed by atoms with Gasteiger partial charge in [0.05, 0.1) is 61.6 Å². The molecule has 9 nitrogen and oxygen atoms in total. The number of aromatic amines is 1. The van der Waals surface area contributed by atoms with E-state index >= 15 is 0 Å². The second-order valence-electron chi connectivity index (χ2n) is 19.4. The SMILES string of the molecule is C1=Cc2nc3ccccc3cc2C(C2=C(c3cccc4nc5ccccc5cc34)N(c3ccc4ccccc4n3)C(c3ccccn3)(c3cc[nH]n3)N2c2cccc3c2C=c2c-3ccc3c2=Nc2ccccc2-3)C1. The molecule has 5 aromatic heterocycles. The molecule has 0 saturated heterocycles. The number of hydrogen-bond acceptors (Lipinski definition) is 8. The monoisotopic (exact) mass is 947 g/mol. The quantitative estimate of drug-likeness (QED) is 0.166. The summed E-state index contributed by atoms with van der Waals surface area (Å²) in [5.41, 5.74) is 16.6. The predicted octanol–water partition coefficient (Wildman–Crippen LogP) is 13.1. The lowest BCUT2D eigenvalue weighted by Crippen LogP contribution is -2.55. The topological polar surface area (TPSA) is 99.1 Å². The number of aromatic nitrogens is 6. The van der Waals surface area contributed by atoms with Crippen molar-refractivity contribution in [2.45, 2.75) is 18.0 Å². The van der Waals surface area contributed by atoms with Gasteiger partial charge in [-0.2, -0.15) is 5.10 Å². The highest BCUT2D eigenvalue weighted by Crippen LogP contribution is 2.60. The molecular formula is C65H41N9. The molecule has 2 aliphatic carbocycles. The Morgan fingerprint density at radius 3 is 2.12 bits per heavy atom. The molecule has 346 valence electrons. The number of anilines is 2. The van der Waals surface area contributed by atoms with Gasteiger partial charge in [-0.1, -0.05) is 121 Å². The highest BCUT2D eigenvalue weighted by Gasteiger charge is 2.60. The Hall–Kier alpha value is -9.86. The molecule has 16 rings (SSSR count). The van der Waals surface area contributed by atoms with Crippen molar-refractivity contribution in [1.82, 2.24) is 30.1 Å². The summed E-state index contributed by atoms with van der Waals surface area (Å²) in [5.74, 6) is 0.488. The van der Waals surface area contributed by atoms with Crippen LogP contribution in [-0.2, 0) is 5.66 Å². The van der Waals surface area contributed by atoms with Gasteiger partial charge in [0.2, 0.25) is 5.66 Å². The maximum absolute atomic E-state index is 5.69. The largest absolute Gasteiger partial charge is 0.308 e. The summed E-state index contributed by atoms with van der Waals surface area (Å²) in [5, 5.41) is 14.9. The van der Waals surface area contributed by atoms with Gasteiger partial charge < -0.3 is 4.90 Å². The summed E-state index contributed by atoms with van der Waals surface area (Å²) in [6.07, 6.45) is 11.4. The Morgan fingerprint density at radius 2 is 1.27 bits per heavy atom. The standard InChI is InChI=1S/C65H41N9/c1-5-21-52-39(14-1)29-32-61(70-52)74-64(47-20-12-26-57-49(47)37-41-16-3-7-23-54(41)69-57)63(46-19-11-25-56-48(46)36-40-15-2-6-22-53(40)68-56)73(65(74,60-33-35-67-72-60)59-28-9-10-34-66-59)58-27-13-18-42-43-30-31-45-44-17-4-8-24-55(44)71-62(45)51(43)38-50(42)58/h1-18,20-38,46H,19H2,(H,67,72). The fourth-order valence-electron chi connectivity index (χ4n) is 12.4. The molecule has 74 heavy (non-hydrogen) atoms. The van der Waals surface area contributed by atoms with Gasteiger partial charge in [0.1, 0.15) is 11.5 Å². The summed E-state index contributed by atoms with van der Waals surface area (Å²) >= 11 is 0. The van der Waals surface area contributed by atoms with Crippen molar-refractivity contribution < 1.29 is 0 Å². The molecule has 4 aliphatic rings. The van der Waals surface area contributed by atoms with E-state index in [1.807, 2.05) is 18.5 Å². The number of nitrogens with one attached hydrogen (secondary N) is 1. The highest BCUT2D eigenvalue weighted by molar-refractivity contribution is 6.06. The first-order valence-electron chi connectivity index (χ1n) is 25.1. The Balaban J connectivity index is 1.10. The van der Waals surface area contributed by atoms with E-state index in [4.69, 9.17) is 30.0 Å². The molecule has 0 bridgehead atoms. The first-order valence-corrected chi connectivity index (χ1v) is 25.1. The maximum Gasteiger partial charge on any atom is 0.212 e. The van der Waals surface area contributed by atoms with E-state index in [1.54, 1.807) is 0 Å². The summed E-state index contributed by atoms with van der Waals surface area (Å²) in [6.45, 7) is 0. The van der Waals surface area contributed by atoms with E-state index < -0.39 is 5.66 Å². The van der Waals surface area contributed by atoms with Crippen molar-refractivity contribution in [2.24, 2.45) is 4.99 Å². The number of benzene rings is 7. The van der Waals surface area contributed by atoms with Crippen LogP contribution in [0.15, 0.2) is 223 Å². The van der Waals surface area contributed by atoms with Crippen LogP contribution in [-0.4, -0.2) is 30.1 Å². The number of pyridine rings is 4. The van der Waals surface area contributed by atoms with Gasteiger partial charge in [0.15, 0.2) is 0 Å². The fraction of sp³-hybridized carbons (Fsp3) is 0.0462. The van der Waals surface area contributed by atoms with Gasteiger partial charge in [0.25, 0.3) is 0 Å². The summed E-state index contributed by atoms with van der Waals surface area (Å²) in [7, 11) is 0. The molecule has 0 fully saturated rings. The van der Waals surface area contributed by atoms with E-state index in [0.29, 0.717) is 6.42 Å². The van der Waals surface area contributed by atoms with E-state index in [-0.39, 0.29) is 5.92 Å². The number of hydrogen-bond donors (Lipinski definition) is 1. The van der Waals surface area contributed by atoms with Crippen LogP contribution in [0.5, 0.6) is 0 Å². The fourth-order valence-corrected chi connectivity index (χ4v) is 12.4. The van der Waals surface area contributed by atoms with Crippen LogP contribution in [0.4, 0.5) is 17.2 Å². The van der Waals surface area contributed by atoms with E-state index in [9.17, 15) is 0 Å². The number of para-hydroxylation sites is 4. The molecule has 2 unspecified atom stereocenters. The molecule has 1 N–H and O–H groups in total. The lowest BCUT2D eigenvalue weighted by atomic mass is 9.83. The van der Waals surface area contributed by atoms with Crippen LogP contribution in [0.2, 0.25) is 0 Å². The number of rotatable bonds is 6. The van der Waals surface area contributed by atoms with Crippen LogP contribution in [0.3, 0.4) is 0 Å². The molecule has 0 radical (unpaired) electrons. The van der Waals surface area contributed by atoms with Gasteiger partial charge in [-0.3, -0.25) is 15.0 Å². The Bertz CT molecular complexity index is 4560. The molecular weight excluding hydrogens is 907 g/mol. The number of allylic oxidation sites excluding steroid dienone is 2. The van der Waals surface area contributed by atoms with Crippen molar-refractivity contribution in [3.63, 3.8) is 0 Å². The van der Waals surface area contributed by atoms with E-state index in [1.165, 1.54) is 0 Å². The predicted molar refractivity (Wildman–Crippen MR) is 296 cm³/mol. The summed E-state index contributed by atoms with van der Waals surface area (Å²) in [6, 6.07) is 68.7. The van der Waals surface area contributed by atoms with E-state index in [0.717, 1.165) is 139 Å². The van der Waals surface area contributed by atoms with Crippen LogP contribution in [0, 0.1) is 0 Å². The van der Waals surface area contributed by atoms with Crippen molar-refractivity contribution in [3.05, 3.63) is 263 Å². The first kappa shape index (κ1) is 40.8. The Morgan fingerprint density at radius 1 is 0.541 bits per heavy atom. The third-order valence-electron chi connectivity index (χ3n) is 15.5. The van der Waals surface area contributed by atoms with Gasteiger partial charge in [0, 0.05) is 67.3 Å². The minimum atomic E-state index is -1.32. The zero-order chi connectivity index (χ0) is 48.5. The maximum atomic E-state index is 5.69. The third-order valence-corrected chi connectivity index (χ3v) is 15.5. The van der Waals surface area contributed by atoms with Crippen LogP contribution in [0.25, 0.3) is 83.7 Å². The molecule has 0 amide bonds. The lowest BCUT2D eigenvalue weighted by molar-refractivity contribution is 0.499. The molecule has 0 spiro atoms. The molecule has 9 heteroatoms. The Labute approximate surface area is 424 Å². The summed E-state index contributed by atoms with van der Waals surface area (Å²) in [4.78, 5) is 32.2. The molecule has 7 aromatic carbocycles. The van der Waals surface area contributed by atoms with E-state index in [2.05, 4.69) is 221 Å². The Kier molecular flexibility index (Phi) is 8.59. The third kappa shape index (κ3) is 5.74. The second kappa shape index (κ2) is 15.6. The smallest absolute Gasteiger partial charge is 0.212 e. The average Bonchev–Trinajstić information content (AvgIpc) is 4.37. The minimum absolute atomic E-state index is 0.244. The van der Waals surface area contributed by atoms with Crippen molar-refractivity contribution in [3.8, 4) is 22.3 Å². The molecule has 12 aromatic rings. The normalized spacial score (nSPS) is 17.1. The van der Waals surface area contributed by atoms with Gasteiger partial charge >= 0.3 is 0 Å². The van der Waals surface area contributed by atoms with Gasteiger partial charge in [-0.05, 0) is 114 Å². The molecule has 2 aliphatic heterocycles. The minimum Gasteiger partial charge on any atom is -0.308 e. The molecule has 7 heterocycles. The zero-order valence-corrected chi connectivity index (χ0v) is 39.7.